The van der Waals surface area contributed by atoms with E-state index in [0.29, 0.717) is 17.1 Å². The van der Waals surface area contributed by atoms with Crippen LogP contribution in [0.3, 0.4) is 0 Å². The lowest BCUT2D eigenvalue weighted by Crippen LogP contribution is -2.24. The predicted octanol–water partition coefficient (Wildman–Crippen LogP) is 2.66. The molecule has 140 valence electrons. The van der Waals surface area contributed by atoms with Gasteiger partial charge in [-0.1, -0.05) is 18.2 Å². The molecule has 0 spiro atoms. The summed E-state index contributed by atoms with van der Waals surface area (Å²) < 4.78 is 2.06. The summed E-state index contributed by atoms with van der Waals surface area (Å²) in [6.45, 7) is 3.82. The number of hydrogen-bond acceptors (Lipinski definition) is 4. The van der Waals surface area contributed by atoms with Crippen LogP contribution in [0.25, 0.3) is 16.7 Å². The molecule has 2 heterocycles. The number of para-hydroxylation sites is 1. The van der Waals surface area contributed by atoms with E-state index < -0.39 is 0 Å². The number of imidazole rings is 1. The first-order valence-electron chi connectivity index (χ1n) is 8.91. The summed E-state index contributed by atoms with van der Waals surface area (Å²) in [4.78, 5) is 35.4. The number of H-pyrrole nitrogens is 1. The van der Waals surface area contributed by atoms with E-state index in [-0.39, 0.29) is 18.0 Å². The second kappa shape index (κ2) is 7.11. The molecule has 2 aromatic heterocycles. The number of rotatable bonds is 4. The SMILES string of the molecule is Cc1nc(CNC(=O)c2ccc3c(c2)nc(C)n3-c2ccccc2)cc(=O)[nH]1. The molecule has 28 heavy (non-hydrogen) atoms. The molecule has 0 fully saturated rings. The number of hydrogen-bond donors (Lipinski definition) is 2. The summed E-state index contributed by atoms with van der Waals surface area (Å²) in [6.07, 6.45) is 0. The van der Waals surface area contributed by atoms with Crippen LogP contribution in [0.1, 0.15) is 27.7 Å². The van der Waals surface area contributed by atoms with Crippen molar-refractivity contribution in [3.05, 3.63) is 87.9 Å². The van der Waals surface area contributed by atoms with E-state index in [4.69, 9.17) is 0 Å². The molecule has 0 aliphatic rings. The summed E-state index contributed by atoms with van der Waals surface area (Å²) in [5.74, 6) is 1.12. The molecule has 0 saturated heterocycles. The summed E-state index contributed by atoms with van der Waals surface area (Å²) in [5.41, 5.74) is 3.49. The van der Waals surface area contributed by atoms with Crippen LogP contribution in [-0.4, -0.2) is 25.4 Å². The Morgan fingerprint density at radius 3 is 2.61 bits per heavy atom. The minimum Gasteiger partial charge on any atom is -0.346 e. The zero-order valence-corrected chi connectivity index (χ0v) is 15.6. The van der Waals surface area contributed by atoms with Crippen LogP contribution < -0.4 is 10.9 Å². The van der Waals surface area contributed by atoms with Gasteiger partial charge in [0.25, 0.3) is 11.5 Å². The van der Waals surface area contributed by atoms with Crippen molar-refractivity contribution in [3.63, 3.8) is 0 Å². The van der Waals surface area contributed by atoms with Gasteiger partial charge in [0.2, 0.25) is 0 Å². The Morgan fingerprint density at radius 2 is 1.86 bits per heavy atom. The third kappa shape index (κ3) is 3.42. The van der Waals surface area contributed by atoms with Crippen molar-refractivity contribution in [2.24, 2.45) is 0 Å². The standard InChI is InChI=1S/C21H19N5O2/c1-13-23-16(11-20(27)24-13)12-22-21(28)15-8-9-19-18(10-15)25-14(2)26(19)17-6-4-3-5-7-17/h3-11H,12H2,1-2H3,(H,22,28)(H,23,24,27). The van der Waals surface area contributed by atoms with Gasteiger partial charge in [-0.3, -0.25) is 14.2 Å². The van der Waals surface area contributed by atoms with Gasteiger partial charge >= 0.3 is 0 Å². The molecule has 0 atom stereocenters. The van der Waals surface area contributed by atoms with Crippen molar-refractivity contribution in [1.82, 2.24) is 24.8 Å². The maximum atomic E-state index is 12.5. The maximum absolute atomic E-state index is 12.5. The largest absolute Gasteiger partial charge is 0.346 e. The fraction of sp³-hybridized carbons (Fsp3) is 0.143. The lowest BCUT2D eigenvalue weighted by atomic mass is 10.2. The summed E-state index contributed by atoms with van der Waals surface area (Å²) >= 11 is 0. The Balaban J connectivity index is 1.59. The van der Waals surface area contributed by atoms with Crippen molar-refractivity contribution in [2.75, 3.05) is 0 Å². The van der Waals surface area contributed by atoms with Crippen molar-refractivity contribution >= 4 is 16.9 Å². The quantitative estimate of drug-likeness (QED) is 0.575. The molecule has 0 aliphatic heterocycles. The van der Waals surface area contributed by atoms with Crippen LogP contribution >= 0.6 is 0 Å². The van der Waals surface area contributed by atoms with Gasteiger partial charge in [-0.25, -0.2) is 9.97 Å². The van der Waals surface area contributed by atoms with Crippen LogP contribution in [0, 0.1) is 13.8 Å². The highest BCUT2D eigenvalue weighted by Gasteiger charge is 2.13. The molecule has 1 amide bonds. The van der Waals surface area contributed by atoms with Crippen LogP contribution in [0.2, 0.25) is 0 Å². The highest BCUT2D eigenvalue weighted by atomic mass is 16.1. The molecule has 7 nitrogen and oxygen atoms in total. The molecule has 0 aliphatic carbocycles. The highest BCUT2D eigenvalue weighted by molar-refractivity contribution is 5.97. The van der Waals surface area contributed by atoms with Gasteiger partial charge in [0.1, 0.15) is 11.6 Å². The second-order valence-corrected chi connectivity index (χ2v) is 6.54. The predicted molar refractivity (Wildman–Crippen MR) is 107 cm³/mol. The number of carbonyl (C=O) groups excluding carboxylic acids is 1. The van der Waals surface area contributed by atoms with Crippen LogP contribution in [-0.2, 0) is 6.54 Å². The molecule has 0 radical (unpaired) electrons. The Bertz CT molecular complexity index is 1220. The van der Waals surface area contributed by atoms with E-state index in [1.54, 1.807) is 19.1 Å². The first-order valence-corrected chi connectivity index (χ1v) is 8.91. The van der Waals surface area contributed by atoms with E-state index in [1.165, 1.54) is 6.07 Å². The highest BCUT2D eigenvalue weighted by Crippen LogP contribution is 2.22. The van der Waals surface area contributed by atoms with Crippen molar-refractivity contribution in [1.29, 1.82) is 0 Å². The molecule has 2 aromatic carbocycles. The lowest BCUT2D eigenvalue weighted by Gasteiger charge is -2.07. The maximum Gasteiger partial charge on any atom is 0.251 e. The van der Waals surface area contributed by atoms with Gasteiger partial charge < -0.3 is 10.3 Å². The van der Waals surface area contributed by atoms with E-state index in [0.717, 1.165) is 22.5 Å². The number of aromatic nitrogens is 4. The van der Waals surface area contributed by atoms with Crippen LogP contribution in [0.4, 0.5) is 0 Å². The number of carbonyl (C=O) groups is 1. The minimum absolute atomic E-state index is 0.180. The number of nitrogens with zero attached hydrogens (tertiary/aromatic N) is 3. The van der Waals surface area contributed by atoms with Crippen molar-refractivity contribution < 1.29 is 4.79 Å². The normalized spacial score (nSPS) is 10.9. The molecule has 0 bridgehead atoms. The molecule has 4 rings (SSSR count). The summed E-state index contributed by atoms with van der Waals surface area (Å²) in [5, 5.41) is 2.80. The number of nitrogens with one attached hydrogen (secondary N) is 2. The average Bonchev–Trinajstić information content (AvgIpc) is 3.01. The first kappa shape index (κ1) is 17.7. The van der Waals surface area contributed by atoms with Gasteiger partial charge in [-0.2, -0.15) is 0 Å². The summed E-state index contributed by atoms with van der Waals surface area (Å²) in [7, 11) is 0. The zero-order chi connectivity index (χ0) is 19.7. The van der Waals surface area contributed by atoms with Crippen molar-refractivity contribution in [3.8, 4) is 5.69 Å². The van der Waals surface area contributed by atoms with Gasteiger partial charge in [0.15, 0.2) is 0 Å². The van der Waals surface area contributed by atoms with Gasteiger partial charge in [0, 0.05) is 17.3 Å². The third-order valence-electron chi connectivity index (χ3n) is 4.44. The lowest BCUT2D eigenvalue weighted by molar-refractivity contribution is 0.0950. The fourth-order valence-electron chi connectivity index (χ4n) is 3.25. The molecule has 0 saturated carbocycles. The number of aryl methyl sites for hydroxylation is 2. The number of benzene rings is 2. The minimum atomic E-state index is -0.242. The fourth-order valence-corrected chi connectivity index (χ4v) is 3.25. The Labute approximate surface area is 161 Å². The molecule has 7 heteroatoms. The van der Waals surface area contributed by atoms with Gasteiger partial charge in [0.05, 0.1) is 23.3 Å². The van der Waals surface area contributed by atoms with Gasteiger partial charge in [-0.15, -0.1) is 0 Å². The molecule has 0 unspecified atom stereocenters. The topological polar surface area (TPSA) is 92.7 Å². The smallest absolute Gasteiger partial charge is 0.251 e. The molecular weight excluding hydrogens is 354 g/mol. The van der Waals surface area contributed by atoms with E-state index in [1.807, 2.05) is 43.3 Å². The monoisotopic (exact) mass is 373 g/mol. The molecular formula is C21H19N5O2. The second-order valence-electron chi connectivity index (χ2n) is 6.54. The van der Waals surface area contributed by atoms with Crippen molar-refractivity contribution in [2.45, 2.75) is 20.4 Å². The summed E-state index contributed by atoms with van der Waals surface area (Å²) in [6, 6.07) is 16.8. The number of fused-ring (bicyclic) bond motifs is 1. The van der Waals surface area contributed by atoms with Crippen LogP contribution in [0.15, 0.2) is 59.4 Å². The molecule has 4 aromatic rings. The van der Waals surface area contributed by atoms with Crippen LogP contribution in [0.5, 0.6) is 0 Å². The Hall–Kier alpha value is -3.74. The van der Waals surface area contributed by atoms with E-state index >= 15 is 0 Å². The zero-order valence-electron chi connectivity index (χ0n) is 15.6. The van der Waals surface area contributed by atoms with E-state index in [2.05, 4.69) is 24.8 Å². The average molecular weight is 373 g/mol. The Morgan fingerprint density at radius 1 is 1.07 bits per heavy atom. The first-order chi connectivity index (χ1) is 13.5. The van der Waals surface area contributed by atoms with Gasteiger partial charge in [-0.05, 0) is 44.2 Å². The third-order valence-corrected chi connectivity index (χ3v) is 4.44. The number of aromatic amines is 1. The van der Waals surface area contributed by atoms with E-state index in [9.17, 15) is 9.59 Å². The number of amides is 1. The molecule has 2 N–H and O–H groups in total. The Kier molecular flexibility index (Phi) is 4.49.